The first-order valence-electron chi connectivity index (χ1n) is 13.8. The lowest BCUT2D eigenvalue weighted by Crippen LogP contribution is -2.70. The van der Waals surface area contributed by atoms with Crippen molar-refractivity contribution in [3.05, 3.63) is 0 Å². The third-order valence-corrected chi connectivity index (χ3v) is 21.6. The molecule has 198 valence electrons. The molecule has 0 aromatic heterocycles. The van der Waals surface area contributed by atoms with Crippen molar-refractivity contribution in [3.8, 4) is 0 Å². The third kappa shape index (κ3) is 11.3. The van der Waals surface area contributed by atoms with Gasteiger partial charge in [0.15, 0.2) is 0 Å². The van der Waals surface area contributed by atoms with E-state index in [1.165, 1.54) is 0 Å². The second-order valence-electron chi connectivity index (χ2n) is 9.25. The highest BCUT2D eigenvalue weighted by molar-refractivity contribution is 6.94. The van der Waals surface area contributed by atoms with E-state index in [0.717, 1.165) is 114 Å². The van der Waals surface area contributed by atoms with Gasteiger partial charge in [-0.25, -0.2) is 0 Å². The maximum Gasteiger partial charge on any atom is 0.322 e. The molecule has 0 saturated carbocycles. The molecule has 0 amide bonds. The Bertz CT molecular complexity index is 411. The smallest absolute Gasteiger partial charge is 0.322 e. The van der Waals surface area contributed by atoms with E-state index < -0.39 is 25.7 Å². The minimum absolute atomic E-state index is 0.725. The van der Waals surface area contributed by atoms with E-state index in [1.807, 2.05) is 0 Å². The molecule has 0 aromatic rings. The van der Waals surface area contributed by atoms with E-state index in [0.29, 0.717) is 0 Å². The van der Waals surface area contributed by atoms with Crippen LogP contribution in [0, 0.1) is 0 Å². The average Bonchev–Trinajstić information content (AvgIpc) is 2.83. The standard InChI is InChI=1S/C24H54O6Si3/c1-7-13-16-25-19-22-31(10-4)28-32(11-5,23-20-26-17-14-8-2)30-33(12-6,29-31)24-21-27-18-15-9-3/h7-24H2,1-6H3. The van der Waals surface area contributed by atoms with Gasteiger partial charge in [0.25, 0.3) is 0 Å². The molecular weight excluding hydrogens is 469 g/mol. The molecule has 0 spiro atoms. The molecule has 1 heterocycles. The van der Waals surface area contributed by atoms with Crippen molar-refractivity contribution in [1.29, 1.82) is 0 Å². The Morgan fingerprint density at radius 1 is 0.424 bits per heavy atom. The summed E-state index contributed by atoms with van der Waals surface area (Å²) in [4.78, 5) is 0. The van der Waals surface area contributed by atoms with Gasteiger partial charge in [0.2, 0.25) is 0 Å². The van der Waals surface area contributed by atoms with E-state index in [2.05, 4.69) is 41.5 Å². The van der Waals surface area contributed by atoms with Crippen LogP contribution in [0.1, 0.15) is 80.1 Å². The van der Waals surface area contributed by atoms with Crippen molar-refractivity contribution in [2.75, 3.05) is 39.6 Å². The molecule has 1 fully saturated rings. The molecule has 1 aliphatic heterocycles. The number of hydrogen-bond donors (Lipinski definition) is 0. The van der Waals surface area contributed by atoms with Crippen LogP contribution < -0.4 is 0 Å². The molecule has 1 rings (SSSR count). The van der Waals surface area contributed by atoms with Crippen LogP contribution in [-0.2, 0) is 26.6 Å². The summed E-state index contributed by atoms with van der Waals surface area (Å²) >= 11 is 0. The summed E-state index contributed by atoms with van der Waals surface area (Å²) in [7, 11) is -7.25. The largest absolute Gasteiger partial charge is 0.415 e. The zero-order chi connectivity index (χ0) is 24.5. The molecule has 33 heavy (non-hydrogen) atoms. The highest BCUT2D eigenvalue weighted by atomic mass is 28.5. The lowest BCUT2D eigenvalue weighted by Gasteiger charge is -2.53. The predicted octanol–water partition coefficient (Wildman–Crippen LogP) is 6.89. The van der Waals surface area contributed by atoms with Crippen LogP contribution in [0.15, 0.2) is 0 Å². The van der Waals surface area contributed by atoms with Gasteiger partial charge in [0, 0.05) is 57.8 Å². The van der Waals surface area contributed by atoms with Crippen molar-refractivity contribution in [3.63, 3.8) is 0 Å². The Morgan fingerprint density at radius 2 is 0.697 bits per heavy atom. The van der Waals surface area contributed by atoms with Crippen LogP contribution in [0.2, 0.25) is 36.3 Å². The molecule has 0 atom stereocenters. The van der Waals surface area contributed by atoms with Gasteiger partial charge in [-0.1, -0.05) is 60.8 Å². The number of unbranched alkanes of at least 4 members (excludes halogenated alkanes) is 3. The lowest BCUT2D eigenvalue weighted by atomic mass is 10.4. The fourth-order valence-corrected chi connectivity index (χ4v) is 22.2. The van der Waals surface area contributed by atoms with E-state index in [-0.39, 0.29) is 0 Å². The first-order chi connectivity index (χ1) is 16.0. The molecule has 0 aromatic carbocycles. The van der Waals surface area contributed by atoms with Crippen LogP contribution in [0.25, 0.3) is 0 Å². The van der Waals surface area contributed by atoms with Gasteiger partial charge in [0.05, 0.1) is 0 Å². The zero-order valence-corrected chi connectivity index (χ0v) is 25.7. The van der Waals surface area contributed by atoms with Gasteiger partial charge < -0.3 is 26.6 Å². The van der Waals surface area contributed by atoms with Crippen LogP contribution in [0.3, 0.4) is 0 Å². The summed E-state index contributed by atoms with van der Waals surface area (Å²) in [5.74, 6) is 0. The third-order valence-electron chi connectivity index (χ3n) is 6.54. The molecule has 0 N–H and O–H groups in total. The first kappa shape index (κ1) is 31.4. The van der Waals surface area contributed by atoms with Crippen LogP contribution in [0.5, 0.6) is 0 Å². The Morgan fingerprint density at radius 3 is 0.909 bits per heavy atom. The Kier molecular flexibility index (Phi) is 16.9. The molecule has 6 nitrogen and oxygen atoms in total. The molecule has 0 unspecified atom stereocenters. The van der Waals surface area contributed by atoms with Crippen LogP contribution >= 0.6 is 0 Å². The number of hydrogen-bond acceptors (Lipinski definition) is 6. The summed E-state index contributed by atoms with van der Waals surface area (Å²) < 4.78 is 39.0. The van der Waals surface area contributed by atoms with Crippen molar-refractivity contribution in [1.82, 2.24) is 0 Å². The highest BCUT2D eigenvalue weighted by Crippen LogP contribution is 2.41. The normalized spacial score (nSPS) is 27.8. The number of ether oxygens (including phenoxy) is 3. The van der Waals surface area contributed by atoms with Gasteiger partial charge in [-0.3, -0.25) is 0 Å². The van der Waals surface area contributed by atoms with Gasteiger partial charge in [-0.05, 0) is 37.4 Å². The second kappa shape index (κ2) is 17.8. The van der Waals surface area contributed by atoms with Gasteiger partial charge in [-0.15, -0.1) is 0 Å². The maximum atomic E-state index is 7.04. The van der Waals surface area contributed by atoms with E-state index in [9.17, 15) is 0 Å². The quantitative estimate of drug-likeness (QED) is 0.121. The average molecular weight is 523 g/mol. The van der Waals surface area contributed by atoms with Gasteiger partial charge >= 0.3 is 25.7 Å². The summed E-state index contributed by atoms with van der Waals surface area (Å²) in [5, 5.41) is 0. The Balaban J connectivity index is 2.98. The summed E-state index contributed by atoms with van der Waals surface area (Å²) in [6.07, 6.45) is 6.80. The van der Waals surface area contributed by atoms with Crippen molar-refractivity contribution < 1.29 is 26.6 Å². The topological polar surface area (TPSA) is 55.4 Å². The Labute approximate surface area is 208 Å². The van der Waals surface area contributed by atoms with Crippen molar-refractivity contribution >= 4 is 25.7 Å². The minimum Gasteiger partial charge on any atom is -0.415 e. The number of rotatable bonds is 21. The van der Waals surface area contributed by atoms with Gasteiger partial charge in [0.1, 0.15) is 0 Å². The molecular formula is C24H54O6Si3. The maximum absolute atomic E-state index is 7.04. The minimum atomic E-state index is -2.42. The monoisotopic (exact) mass is 522 g/mol. The fourth-order valence-electron chi connectivity index (χ4n) is 4.08. The predicted molar refractivity (Wildman–Crippen MR) is 144 cm³/mol. The molecule has 0 radical (unpaired) electrons. The van der Waals surface area contributed by atoms with E-state index in [4.69, 9.17) is 26.6 Å². The Hall–Kier alpha value is 0.411. The van der Waals surface area contributed by atoms with Crippen molar-refractivity contribution in [2.24, 2.45) is 0 Å². The first-order valence-corrected chi connectivity index (χ1v) is 20.5. The highest BCUT2D eigenvalue weighted by Gasteiger charge is 2.60. The summed E-state index contributed by atoms with van der Waals surface area (Å²) in [6.45, 7) is 18.0. The molecule has 1 saturated heterocycles. The lowest BCUT2D eigenvalue weighted by molar-refractivity contribution is 0.117. The van der Waals surface area contributed by atoms with E-state index >= 15 is 0 Å². The van der Waals surface area contributed by atoms with Crippen LogP contribution in [-0.4, -0.2) is 65.3 Å². The van der Waals surface area contributed by atoms with E-state index in [1.54, 1.807) is 0 Å². The van der Waals surface area contributed by atoms with Gasteiger partial charge in [-0.2, -0.15) is 0 Å². The summed E-state index contributed by atoms with van der Waals surface area (Å²) in [6, 6.07) is 5.54. The molecule has 1 aliphatic rings. The SMILES string of the molecule is CCCCOCC[Si]1(CC)O[Si](CC)(CCOCCCC)O[Si](CC)(CCOCCCC)O1. The van der Waals surface area contributed by atoms with Crippen molar-refractivity contribution in [2.45, 2.75) is 116 Å². The zero-order valence-electron chi connectivity index (χ0n) is 22.7. The molecule has 0 aliphatic carbocycles. The molecule has 9 heteroatoms. The summed E-state index contributed by atoms with van der Waals surface area (Å²) in [5.41, 5.74) is 0. The fraction of sp³-hybridized carbons (Fsp3) is 1.00. The molecule has 0 bridgehead atoms. The second-order valence-corrected chi connectivity index (χ2v) is 20.8. The van der Waals surface area contributed by atoms with Crippen LogP contribution in [0.4, 0.5) is 0 Å².